The Balaban J connectivity index is 1.61. The van der Waals surface area contributed by atoms with Crippen LogP contribution in [0.3, 0.4) is 0 Å². The molecule has 1 fully saturated rings. The van der Waals surface area contributed by atoms with E-state index in [1.807, 2.05) is 29.2 Å². The summed E-state index contributed by atoms with van der Waals surface area (Å²) in [6.07, 6.45) is 3.56. The third-order valence-electron chi connectivity index (χ3n) is 4.91. The van der Waals surface area contributed by atoms with Crippen molar-refractivity contribution >= 4 is 11.8 Å². The zero-order valence-electron chi connectivity index (χ0n) is 17.3. The van der Waals surface area contributed by atoms with Gasteiger partial charge in [0.2, 0.25) is 5.88 Å². The van der Waals surface area contributed by atoms with Gasteiger partial charge in [0.1, 0.15) is 23.6 Å². The van der Waals surface area contributed by atoms with E-state index in [0.29, 0.717) is 31.3 Å². The maximum absolute atomic E-state index is 12.4. The SMILES string of the molecule is CCCCNC(=O)N1CCN(c2cc(Oc3cccc(OC)c3)ncn2)C[C@H]1C. The van der Waals surface area contributed by atoms with E-state index >= 15 is 0 Å². The minimum absolute atomic E-state index is 0.00957. The van der Waals surface area contributed by atoms with Crippen LogP contribution in [0.5, 0.6) is 17.4 Å². The number of nitrogens with one attached hydrogen (secondary N) is 1. The van der Waals surface area contributed by atoms with Gasteiger partial charge < -0.3 is 24.6 Å². The first-order valence-electron chi connectivity index (χ1n) is 10.0. The quantitative estimate of drug-likeness (QED) is 0.720. The van der Waals surface area contributed by atoms with Gasteiger partial charge in [-0.1, -0.05) is 19.4 Å². The highest BCUT2D eigenvalue weighted by atomic mass is 16.5. The Kier molecular flexibility index (Phi) is 7.10. The molecule has 1 aliphatic rings. The fourth-order valence-electron chi connectivity index (χ4n) is 3.29. The average molecular weight is 399 g/mol. The Morgan fingerprint density at radius 3 is 2.83 bits per heavy atom. The number of nitrogens with zero attached hydrogens (tertiary/aromatic N) is 4. The Morgan fingerprint density at radius 2 is 2.07 bits per heavy atom. The molecule has 0 spiro atoms. The molecule has 0 radical (unpaired) electrons. The second-order valence-electron chi connectivity index (χ2n) is 7.07. The molecule has 2 aromatic rings. The van der Waals surface area contributed by atoms with Gasteiger partial charge in [0.15, 0.2) is 0 Å². The first-order chi connectivity index (χ1) is 14.1. The summed E-state index contributed by atoms with van der Waals surface area (Å²) in [5.41, 5.74) is 0. The van der Waals surface area contributed by atoms with E-state index in [4.69, 9.17) is 9.47 Å². The molecular weight excluding hydrogens is 370 g/mol. The van der Waals surface area contributed by atoms with Crippen molar-refractivity contribution in [3.8, 4) is 17.4 Å². The molecule has 1 atom stereocenters. The molecule has 156 valence electrons. The molecule has 1 N–H and O–H groups in total. The number of ether oxygens (including phenoxy) is 2. The summed E-state index contributed by atoms with van der Waals surface area (Å²) in [5, 5.41) is 3.00. The van der Waals surface area contributed by atoms with Gasteiger partial charge in [-0.2, -0.15) is 0 Å². The number of piperazine rings is 1. The summed E-state index contributed by atoms with van der Waals surface area (Å²) in [6.45, 7) is 6.95. The second-order valence-corrected chi connectivity index (χ2v) is 7.07. The number of amides is 2. The van der Waals surface area contributed by atoms with Crippen molar-refractivity contribution in [2.24, 2.45) is 0 Å². The van der Waals surface area contributed by atoms with E-state index in [1.54, 1.807) is 13.2 Å². The molecule has 3 rings (SSSR count). The molecule has 1 saturated heterocycles. The van der Waals surface area contributed by atoms with Gasteiger partial charge >= 0.3 is 6.03 Å². The average Bonchev–Trinajstić information content (AvgIpc) is 2.74. The van der Waals surface area contributed by atoms with Gasteiger partial charge in [0.25, 0.3) is 0 Å². The highest BCUT2D eigenvalue weighted by molar-refractivity contribution is 5.75. The minimum Gasteiger partial charge on any atom is -0.497 e. The van der Waals surface area contributed by atoms with E-state index in [0.717, 1.165) is 31.0 Å². The fraction of sp³-hybridized carbons (Fsp3) is 0.476. The molecule has 29 heavy (non-hydrogen) atoms. The highest BCUT2D eigenvalue weighted by Gasteiger charge is 2.28. The number of rotatable bonds is 7. The van der Waals surface area contributed by atoms with Crippen LogP contribution in [0.25, 0.3) is 0 Å². The molecule has 0 aliphatic carbocycles. The van der Waals surface area contributed by atoms with Crippen LogP contribution in [0.1, 0.15) is 26.7 Å². The van der Waals surface area contributed by atoms with Gasteiger partial charge in [-0.05, 0) is 25.5 Å². The summed E-state index contributed by atoms with van der Waals surface area (Å²) in [4.78, 5) is 25.0. The number of benzene rings is 1. The molecule has 0 unspecified atom stereocenters. The molecule has 1 aliphatic heterocycles. The van der Waals surface area contributed by atoms with Gasteiger partial charge in [-0.3, -0.25) is 0 Å². The Labute approximate surface area is 171 Å². The Hall–Kier alpha value is -3.03. The van der Waals surface area contributed by atoms with Crippen molar-refractivity contribution < 1.29 is 14.3 Å². The topological polar surface area (TPSA) is 79.8 Å². The Bertz CT molecular complexity index is 816. The van der Waals surface area contributed by atoms with Crippen molar-refractivity contribution in [2.75, 3.05) is 38.2 Å². The Morgan fingerprint density at radius 1 is 1.24 bits per heavy atom. The smallest absolute Gasteiger partial charge is 0.317 e. The van der Waals surface area contributed by atoms with Gasteiger partial charge in [0, 0.05) is 44.4 Å². The predicted molar refractivity (Wildman–Crippen MR) is 112 cm³/mol. The summed E-state index contributed by atoms with van der Waals surface area (Å²) in [5.74, 6) is 2.63. The minimum atomic E-state index is 0.00957. The van der Waals surface area contributed by atoms with Gasteiger partial charge in [0.05, 0.1) is 7.11 Å². The van der Waals surface area contributed by atoms with Crippen LogP contribution in [0.2, 0.25) is 0 Å². The number of carbonyl (C=O) groups excluding carboxylic acids is 1. The molecule has 1 aromatic heterocycles. The van der Waals surface area contributed by atoms with Crippen molar-refractivity contribution in [1.82, 2.24) is 20.2 Å². The van der Waals surface area contributed by atoms with Crippen LogP contribution >= 0.6 is 0 Å². The number of urea groups is 1. The van der Waals surface area contributed by atoms with E-state index < -0.39 is 0 Å². The first-order valence-corrected chi connectivity index (χ1v) is 10.0. The maximum Gasteiger partial charge on any atom is 0.317 e. The normalized spacial score (nSPS) is 16.4. The molecule has 0 saturated carbocycles. The van der Waals surface area contributed by atoms with Crippen LogP contribution in [-0.4, -0.2) is 60.2 Å². The number of carbonyl (C=O) groups is 1. The van der Waals surface area contributed by atoms with Crippen LogP contribution in [0, 0.1) is 0 Å². The van der Waals surface area contributed by atoms with Gasteiger partial charge in [-0.15, -0.1) is 0 Å². The molecule has 8 heteroatoms. The third kappa shape index (κ3) is 5.49. The maximum atomic E-state index is 12.4. The largest absolute Gasteiger partial charge is 0.497 e. The molecule has 2 heterocycles. The number of aromatic nitrogens is 2. The number of methoxy groups -OCH3 is 1. The highest BCUT2D eigenvalue weighted by Crippen LogP contribution is 2.26. The van der Waals surface area contributed by atoms with E-state index in [-0.39, 0.29) is 12.1 Å². The van der Waals surface area contributed by atoms with Crippen LogP contribution < -0.4 is 19.7 Å². The van der Waals surface area contributed by atoms with Gasteiger partial charge in [-0.25, -0.2) is 14.8 Å². The zero-order valence-corrected chi connectivity index (χ0v) is 17.3. The van der Waals surface area contributed by atoms with Crippen LogP contribution in [0.4, 0.5) is 10.6 Å². The number of hydrogen-bond acceptors (Lipinski definition) is 6. The fourth-order valence-corrected chi connectivity index (χ4v) is 3.29. The molecular formula is C21H29N5O3. The zero-order chi connectivity index (χ0) is 20.6. The van der Waals surface area contributed by atoms with E-state index in [2.05, 4.69) is 34.0 Å². The number of hydrogen-bond donors (Lipinski definition) is 1. The predicted octanol–water partition coefficient (Wildman–Crippen LogP) is 3.30. The molecule has 0 bridgehead atoms. The summed E-state index contributed by atoms with van der Waals surface area (Å²) >= 11 is 0. The lowest BCUT2D eigenvalue weighted by Gasteiger charge is -2.40. The van der Waals surface area contributed by atoms with Crippen LogP contribution in [-0.2, 0) is 0 Å². The van der Waals surface area contributed by atoms with Crippen molar-refractivity contribution in [2.45, 2.75) is 32.7 Å². The summed E-state index contributed by atoms with van der Waals surface area (Å²) < 4.78 is 11.1. The lowest BCUT2D eigenvalue weighted by Crippen LogP contribution is -2.56. The van der Waals surface area contributed by atoms with Crippen molar-refractivity contribution in [3.63, 3.8) is 0 Å². The molecule has 8 nitrogen and oxygen atoms in total. The lowest BCUT2D eigenvalue weighted by molar-refractivity contribution is 0.171. The summed E-state index contributed by atoms with van der Waals surface area (Å²) in [6, 6.07) is 9.30. The van der Waals surface area contributed by atoms with E-state index in [1.165, 1.54) is 6.33 Å². The van der Waals surface area contributed by atoms with Crippen molar-refractivity contribution in [1.29, 1.82) is 0 Å². The van der Waals surface area contributed by atoms with Crippen molar-refractivity contribution in [3.05, 3.63) is 36.7 Å². The molecule has 1 aromatic carbocycles. The third-order valence-corrected chi connectivity index (χ3v) is 4.91. The van der Waals surface area contributed by atoms with Crippen LogP contribution in [0.15, 0.2) is 36.7 Å². The monoisotopic (exact) mass is 399 g/mol. The number of unbranched alkanes of at least 4 members (excludes halogenated alkanes) is 1. The second kappa shape index (κ2) is 9.95. The lowest BCUT2D eigenvalue weighted by atomic mass is 10.2. The first kappa shape index (κ1) is 20.7. The number of anilines is 1. The molecule has 2 amide bonds. The summed E-state index contributed by atoms with van der Waals surface area (Å²) in [7, 11) is 1.62. The van der Waals surface area contributed by atoms with E-state index in [9.17, 15) is 4.79 Å². The standard InChI is InChI=1S/C21H29N5O3/c1-4-5-9-22-21(27)26-11-10-25(14-16(26)2)19-13-20(24-15-23-19)29-18-8-6-7-17(12-18)28-3/h6-8,12-13,15-16H,4-5,9-11,14H2,1-3H3,(H,22,27)/t16-/m1/s1.